The lowest BCUT2D eigenvalue weighted by molar-refractivity contribution is 0.0770. The average Bonchev–Trinajstić information content (AvgIpc) is 2.92. The third-order valence-electron chi connectivity index (χ3n) is 2.92. The van der Waals surface area contributed by atoms with Gasteiger partial charge in [-0.2, -0.15) is 5.10 Å². The maximum Gasteiger partial charge on any atom is 0.0766 e. The molecule has 0 aliphatic heterocycles. The lowest BCUT2D eigenvalue weighted by Crippen LogP contribution is -2.17. The molecule has 1 heterocycles. The number of para-hydroxylation sites is 1. The van der Waals surface area contributed by atoms with E-state index in [1.54, 1.807) is 0 Å². The fourth-order valence-electron chi connectivity index (χ4n) is 1.91. The minimum absolute atomic E-state index is 0.316. The highest BCUT2D eigenvalue weighted by Gasteiger charge is 2.00. The van der Waals surface area contributed by atoms with E-state index < -0.39 is 0 Å². The minimum Gasteiger partial charge on any atom is -0.379 e. The summed E-state index contributed by atoms with van der Waals surface area (Å²) < 4.78 is 7.40. The molecule has 0 fully saturated rings. The predicted octanol–water partition coefficient (Wildman–Crippen LogP) is 2.78. The van der Waals surface area contributed by atoms with Crippen molar-refractivity contribution in [1.82, 2.24) is 15.1 Å². The van der Waals surface area contributed by atoms with Crippen LogP contribution in [0, 0.1) is 0 Å². The zero-order chi connectivity index (χ0) is 14.2. The number of nitrogens with one attached hydrogen (secondary N) is 1. The Morgan fingerprint density at radius 3 is 2.75 bits per heavy atom. The molecule has 0 spiro atoms. The van der Waals surface area contributed by atoms with Crippen LogP contribution in [0.4, 0.5) is 0 Å². The van der Waals surface area contributed by atoms with Crippen molar-refractivity contribution in [3.05, 3.63) is 48.3 Å². The van der Waals surface area contributed by atoms with Gasteiger partial charge in [-0.05, 0) is 45.0 Å². The molecular formula is C16H23N3O. The quantitative estimate of drug-likeness (QED) is 0.752. The molecule has 0 atom stereocenters. The van der Waals surface area contributed by atoms with Crippen LogP contribution in [-0.2, 0) is 11.3 Å². The molecule has 0 amide bonds. The Balaban J connectivity index is 1.71. The summed E-state index contributed by atoms with van der Waals surface area (Å²) in [6, 6.07) is 12.2. The summed E-state index contributed by atoms with van der Waals surface area (Å²) in [5, 5.41) is 7.93. The second-order valence-corrected chi connectivity index (χ2v) is 5.04. The lowest BCUT2D eigenvalue weighted by atomic mass is 10.3. The van der Waals surface area contributed by atoms with Gasteiger partial charge in [-0.1, -0.05) is 18.2 Å². The zero-order valence-corrected chi connectivity index (χ0v) is 12.2. The van der Waals surface area contributed by atoms with E-state index in [1.807, 2.05) is 47.3 Å². The van der Waals surface area contributed by atoms with E-state index in [1.165, 1.54) is 0 Å². The molecule has 2 aromatic rings. The normalized spacial score (nSPS) is 11.2. The number of nitrogens with zero attached hydrogens (tertiary/aromatic N) is 2. The first-order valence-corrected chi connectivity index (χ1v) is 7.18. The standard InChI is InChI=1S/C16H23N3O/c1-14(2)20-12-6-10-17-13-15-9-11-19(18-15)16-7-4-3-5-8-16/h3-5,7-9,11,14,17H,6,10,12-13H2,1-2H3. The Hall–Kier alpha value is -1.65. The molecule has 0 saturated heterocycles. The van der Waals surface area contributed by atoms with E-state index in [0.29, 0.717) is 6.10 Å². The Morgan fingerprint density at radius 2 is 2.00 bits per heavy atom. The van der Waals surface area contributed by atoms with Gasteiger partial charge in [0.05, 0.1) is 17.5 Å². The average molecular weight is 273 g/mol. The fourth-order valence-corrected chi connectivity index (χ4v) is 1.91. The molecule has 1 aromatic heterocycles. The van der Waals surface area contributed by atoms with Crippen LogP contribution < -0.4 is 5.32 Å². The molecule has 0 radical (unpaired) electrons. The maximum absolute atomic E-state index is 5.50. The smallest absolute Gasteiger partial charge is 0.0766 e. The SMILES string of the molecule is CC(C)OCCCNCc1ccn(-c2ccccc2)n1. The molecule has 4 nitrogen and oxygen atoms in total. The molecule has 0 aliphatic rings. The molecule has 2 rings (SSSR count). The van der Waals surface area contributed by atoms with Crippen molar-refractivity contribution < 1.29 is 4.74 Å². The number of ether oxygens (including phenoxy) is 1. The van der Waals surface area contributed by atoms with Crippen LogP contribution in [0.2, 0.25) is 0 Å². The van der Waals surface area contributed by atoms with Crippen molar-refractivity contribution in [1.29, 1.82) is 0 Å². The van der Waals surface area contributed by atoms with E-state index in [0.717, 1.165) is 37.5 Å². The molecule has 0 saturated carbocycles. The Morgan fingerprint density at radius 1 is 1.20 bits per heavy atom. The van der Waals surface area contributed by atoms with Gasteiger partial charge in [0.1, 0.15) is 0 Å². The molecule has 0 aliphatic carbocycles. The van der Waals surface area contributed by atoms with Crippen molar-refractivity contribution in [2.75, 3.05) is 13.2 Å². The number of hydrogen-bond donors (Lipinski definition) is 1. The van der Waals surface area contributed by atoms with Gasteiger partial charge in [0.25, 0.3) is 0 Å². The van der Waals surface area contributed by atoms with Gasteiger partial charge in [0.2, 0.25) is 0 Å². The van der Waals surface area contributed by atoms with Crippen LogP contribution in [0.3, 0.4) is 0 Å². The second kappa shape index (κ2) is 7.82. The summed E-state index contributed by atoms with van der Waals surface area (Å²) in [6.45, 7) is 6.67. The van der Waals surface area contributed by atoms with Crippen molar-refractivity contribution >= 4 is 0 Å². The van der Waals surface area contributed by atoms with Gasteiger partial charge in [-0.15, -0.1) is 0 Å². The van der Waals surface area contributed by atoms with Gasteiger partial charge < -0.3 is 10.1 Å². The molecule has 0 bridgehead atoms. The van der Waals surface area contributed by atoms with Crippen LogP contribution in [-0.4, -0.2) is 29.0 Å². The summed E-state index contributed by atoms with van der Waals surface area (Å²) in [6.07, 6.45) is 3.34. The van der Waals surface area contributed by atoms with Gasteiger partial charge in [-0.3, -0.25) is 0 Å². The van der Waals surface area contributed by atoms with Crippen LogP contribution in [0.1, 0.15) is 26.0 Å². The van der Waals surface area contributed by atoms with E-state index in [4.69, 9.17) is 4.74 Å². The minimum atomic E-state index is 0.316. The first-order chi connectivity index (χ1) is 9.75. The van der Waals surface area contributed by atoms with Crippen LogP contribution in [0.5, 0.6) is 0 Å². The monoisotopic (exact) mass is 273 g/mol. The van der Waals surface area contributed by atoms with E-state index in [2.05, 4.69) is 24.3 Å². The van der Waals surface area contributed by atoms with Gasteiger partial charge in [0.15, 0.2) is 0 Å². The van der Waals surface area contributed by atoms with Crippen molar-refractivity contribution in [2.45, 2.75) is 32.9 Å². The number of hydrogen-bond acceptors (Lipinski definition) is 3. The van der Waals surface area contributed by atoms with Gasteiger partial charge in [0, 0.05) is 19.3 Å². The van der Waals surface area contributed by atoms with Gasteiger partial charge in [-0.25, -0.2) is 4.68 Å². The predicted molar refractivity (Wildman–Crippen MR) is 81.0 cm³/mol. The summed E-state index contributed by atoms with van der Waals surface area (Å²) in [4.78, 5) is 0. The largest absolute Gasteiger partial charge is 0.379 e. The Kier molecular flexibility index (Phi) is 5.77. The topological polar surface area (TPSA) is 39.1 Å². The van der Waals surface area contributed by atoms with Crippen LogP contribution in [0.25, 0.3) is 5.69 Å². The lowest BCUT2D eigenvalue weighted by Gasteiger charge is -2.07. The Bertz CT molecular complexity index is 493. The van der Waals surface area contributed by atoms with Crippen molar-refractivity contribution in [3.8, 4) is 5.69 Å². The summed E-state index contributed by atoms with van der Waals surface area (Å²) in [5.41, 5.74) is 2.14. The van der Waals surface area contributed by atoms with E-state index in [-0.39, 0.29) is 0 Å². The molecule has 1 aromatic carbocycles. The molecule has 108 valence electrons. The summed E-state index contributed by atoms with van der Waals surface area (Å²) in [7, 11) is 0. The molecule has 1 N–H and O–H groups in total. The van der Waals surface area contributed by atoms with E-state index in [9.17, 15) is 0 Å². The summed E-state index contributed by atoms with van der Waals surface area (Å²) in [5.74, 6) is 0. The number of rotatable bonds is 8. The van der Waals surface area contributed by atoms with Gasteiger partial charge >= 0.3 is 0 Å². The molecule has 4 heteroatoms. The third-order valence-corrected chi connectivity index (χ3v) is 2.92. The highest BCUT2D eigenvalue weighted by atomic mass is 16.5. The van der Waals surface area contributed by atoms with E-state index >= 15 is 0 Å². The second-order valence-electron chi connectivity index (χ2n) is 5.04. The first-order valence-electron chi connectivity index (χ1n) is 7.18. The van der Waals surface area contributed by atoms with Crippen LogP contribution >= 0.6 is 0 Å². The maximum atomic E-state index is 5.50. The fraction of sp³-hybridized carbons (Fsp3) is 0.438. The first kappa shape index (κ1) is 14.8. The third kappa shape index (κ3) is 4.79. The van der Waals surface area contributed by atoms with Crippen LogP contribution in [0.15, 0.2) is 42.6 Å². The summed E-state index contributed by atoms with van der Waals surface area (Å²) >= 11 is 0. The van der Waals surface area contributed by atoms with Crippen molar-refractivity contribution in [2.24, 2.45) is 0 Å². The molecular weight excluding hydrogens is 250 g/mol. The Labute approximate surface area is 120 Å². The number of aromatic nitrogens is 2. The highest BCUT2D eigenvalue weighted by molar-refractivity contribution is 5.30. The zero-order valence-electron chi connectivity index (χ0n) is 12.2. The number of benzene rings is 1. The highest BCUT2D eigenvalue weighted by Crippen LogP contribution is 2.06. The van der Waals surface area contributed by atoms with Crippen molar-refractivity contribution in [3.63, 3.8) is 0 Å². The molecule has 20 heavy (non-hydrogen) atoms. The molecule has 0 unspecified atom stereocenters.